The average Bonchev–Trinajstić information content (AvgIpc) is 3.32. The molecule has 4 heterocycles. The number of benzene rings is 1. The Bertz CT molecular complexity index is 1570. The summed E-state index contributed by atoms with van der Waals surface area (Å²) < 4.78 is 7.18. The summed E-state index contributed by atoms with van der Waals surface area (Å²) in [7, 11) is 0. The molecule has 3 aromatic heterocycles. The third-order valence-corrected chi connectivity index (χ3v) is 7.97. The van der Waals surface area contributed by atoms with E-state index in [0.717, 1.165) is 66.6 Å². The Kier molecular flexibility index (Phi) is 8.18. The lowest BCUT2D eigenvalue weighted by atomic mass is 9.95. The van der Waals surface area contributed by atoms with Gasteiger partial charge in [0.15, 0.2) is 0 Å². The van der Waals surface area contributed by atoms with E-state index in [1.54, 1.807) is 4.40 Å². The van der Waals surface area contributed by atoms with Crippen LogP contribution in [0, 0.1) is 18.3 Å². The minimum Gasteiger partial charge on any atom is -0.382 e. The van der Waals surface area contributed by atoms with Gasteiger partial charge in [0.05, 0.1) is 24.8 Å². The van der Waals surface area contributed by atoms with Crippen LogP contribution in [0.3, 0.4) is 0 Å². The highest BCUT2D eigenvalue weighted by Crippen LogP contribution is 2.31. The first-order valence-corrected chi connectivity index (χ1v) is 13.8. The van der Waals surface area contributed by atoms with E-state index in [0.29, 0.717) is 17.9 Å². The largest absolute Gasteiger partial charge is 0.382 e. The Balaban J connectivity index is 1.45. The number of anilines is 2. The summed E-state index contributed by atoms with van der Waals surface area (Å²) >= 11 is 1.52. The average molecular weight is 545 g/mol. The van der Waals surface area contributed by atoms with Crippen LogP contribution < -0.4 is 21.9 Å². The fourth-order valence-electron chi connectivity index (χ4n) is 4.89. The van der Waals surface area contributed by atoms with Crippen LogP contribution in [0.25, 0.3) is 16.0 Å². The third kappa shape index (κ3) is 5.79. The van der Waals surface area contributed by atoms with Crippen molar-refractivity contribution in [2.75, 3.05) is 50.4 Å². The van der Waals surface area contributed by atoms with Crippen LogP contribution in [-0.2, 0) is 11.3 Å². The molecular formula is C28H32N8O2S. The number of pyridine rings is 1. The van der Waals surface area contributed by atoms with Crippen molar-refractivity contribution in [2.24, 2.45) is 0 Å². The molecule has 1 atom stereocenters. The maximum absolute atomic E-state index is 13.9. The number of nitriles is 1. The van der Waals surface area contributed by atoms with E-state index < -0.39 is 0 Å². The van der Waals surface area contributed by atoms with Crippen molar-refractivity contribution in [2.45, 2.75) is 26.4 Å². The van der Waals surface area contributed by atoms with E-state index in [2.05, 4.69) is 43.7 Å². The summed E-state index contributed by atoms with van der Waals surface area (Å²) in [6.07, 6.45) is 1.32. The summed E-state index contributed by atoms with van der Waals surface area (Å²) in [5.74, 6) is 0.449. The Labute approximate surface area is 231 Å². The Hall–Kier alpha value is -3.82. The molecule has 10 nitrogen and oxygen atoms in total. The maximum atomic E-state index is 13.9. The monoisotopic (exact) mass is 544 g/mol. The molecule has 0 aliphatic carbocycles. The van der Waals surface area contributed by atoms with Crippen LogP contribution >= 0.6 is 11.3 Å². The lowest BCUT2D eigenvalue weighted by Crippen LogP contribution is -2.40. The van der Waals surface area contributed by atoms with Crippen LogP contribution in [0.15, 0.2) is 46.8 Å². The summed E-state index contributed by atoms with van der Waals surface area (Å²) in [4.78, 5) is 25.3. The molecule has 0 amide bonds. The molecule has 4 N–H and O–H groups in total. The highest BCUT2D eigenvalue weighted by molar-refractivity contribution is 7.15. The first-order valence-electron chi connectivity index (χ1n) is 13.0. The predicted molar refractivity (Wildman–Crippen MR) is 154 cm³/mol. The molecule has 1 aliphatic heterocycles. The maximum Gasteiger partial charge on any atom is 0.264 e. The number of nitrogens with zero attached hydrogens (tertiary/aromatic N) is 5. The number of thiazole rings is 1. The number of hydrogen-bond donors (Lipinski definition) is 3. The zero-order valence-electron chi connectivity index (χ0n) is 22.1. The SMILES string of the molecule is Cc1csc2cc([C@H](C)Nc3ncnc(N)c3C#N)c(-c3cccc(CNCCN4CCOCC4)c3)c(=O)n12. The number of aryl methyl sites for hydroxylation is 1. The van der Waals surface area contributed by atoms with Gasteiger partial charge < -0.3 is 21.1 Å². The van der Waals surface area contributed by atoms with Crippen molar-refractivity contribution < 1.29 is 4.74 Å². The normalized spacial score (nSPS) is 14.8. The molecule has 202 valence electrons. The highest BCUT2D eigenvalue weighted by Gasteiger charge is 2.21. The van der Waals surface area contributed by atoms with Gasteiger partial charge in [-0.05, 0) is 42.7 Å². The van der Waals surface area contributed by atoms with Gasteiger partial charge in [0, 0.05) is 43.8 Å². The van der Waals surface area contributed by atoms with Crippen LogP contribution in [0.5, 0.6) is 0 Å². The van der Waals surface area contributed by atoms with Crippen LogP contribution in [-0.4, -0.2) is 58.7 Å². The van der Waals surface area contributed by atoms with E-state index in [1.165, 1.54) is 17.7 Å². The van der Waals surface area contributed by atoms with Gasteiger partial charge in [-0.3, -0.25) is 14.1 Å². The first kappa shape index (κ1) is 26.8. The molecule has 1 aliphatic rings. The number of nitrogens with two attached hydrogens (primary N) is 1. The van der Waals surface area contributed by atoms with Crippen LogP contribution in [0.2, 0.25) is 0 Å². The van der Waals surface area contributed by atoms with E-state index in [4.69, 9.17) is 10.5 Å². The molecule has 1 saturated heterocycles. The number of fused-ring (bicyclic) bond motifs is 1. The quantitative estimate of drug-likeness (QED) is 0.272. The Morgan fingerprint density at radius 3 is 2.87 bits per heavy atom. The third-order valence-electron chi connectivity index (χ3n) is 6.97. The van der Waals surface area contributed by atoms with Gasteiger partial charge in [0.2, 0.25) is 0 Å². The van der Waals surface area contributed by atoms with Crippen LogP contribution in [0.4, 0.5) is 11.6 Å². The second-order valence-corrected chi connectivity index (χ2v) is 10.5. The van der Waals surface area contributed by atoms with Gasteiger partial charge in [-0.15, -0.1) is 11.3 Å². The van der Waals surface area contributed by atoms with Crippen molar-refractivity contribution in [1.82, 2.24) is 24.6 Å². The minimum absolute atomic E-state index is 0.0740. The summed E-state index contributed by atoms with van der Waals surface area (Å²) in [5, 5.41) is 18.4. The van der Waals surface area contributed by atoms with Gasteiger partial charge in [0.1, 0.15) is 34.4 Å². The van der Waals surface area contributed by atoms with Gasteiger partial charge in [0.25, 0.3) is 5.56 Å². The number of aromatic nitrogens is 3. The number of rotatable bonds is 9. The van der Waals surface area contributed by atoms with Gasteiger partial charge in [-0.1, -0.05) is 18.2 Å². The second-order valence-electron chi connectivity index (χ2n) is 9.62. The fraction of sp³-hybridized carbons (Fsp3) is 0.357. The van der Waals surface area contributed by atoms with Crippen molar-refractivity contribution >= 4 is 27.8 Å². The van der Waals surface area contributed by atoms with Gasteiger partial charge in [-0.25, -0.2) is 9.97 Å². The molecule has 0 bridgehead atoms. The molecule has 0 unspecified atom stereocenters. The topological polar surface area (TPSA) is 134 Å². The van der Waals surface area contributed by atoms with Crippen molar-refractivity contribution in [3.63, 3.8) is 0 Å². The molecule has 5 rings (SSSR count). The summed E-state index contributed by atoms with van der Waals surface area (Å²) in [5.41, 5.74) is 10.3. The minimum atomic E-state index is -0.336. The first-order chi connectivity index (χ1) is 19.0. The van der Waals surface area contributed by atoms with Crippen molar-refractivity contribution in [1.29, 1.82) is 5.26 Å². The van der Waals surface area contributed by atoms with Crippen molar-refractivity contribution in [3.05, 3.63) is 74.8 Å². The van der Waals surface area contributed by atoms with Crippen molar-refractivity contribution in [3.8, 4) is 17.2 Å². The molecule has 1 fully saturated rings. The zero-order chi connectivity index (χ0) is 27.4. The molecule has 1 aromatic carbocycles. The standard InChI is InChI=1S/C28H32N8O2S/c1-18-16-39-24-13-22(19(2)34-27-23(14-29)26(30)32-17-33-27)25(28(37)36(18)24)21-5-3-4-20(12-21)15-31-6-7-35-8-10-38-11-9-35/h3-5,12-13,16-17,19,31H,6-11,15H2,1-2H3,(H3,30,32,33,34)/t19-/m0/s1. The molecule has 0 radical (unpaired) electrons. The Morgan fingerprint density at radius 2 is 2.08 bits per heavy atom. The number of ether oxygens (including phenoxy) is 1. The van der Waals surface area contributed by atoms with Gasteiger partial charge in [-0.2, -0.15) is 5.26 Å². The van der Waals surface area contributed by atoms with Crippen LogP contribution in [0.1, 0.15) is 35.3 Å². The van der Waals surface area contributed by atoms with E-state index in [9.17, 15) is 10.1 Å². The summed E-state index contributed by atoms with van der Waals surface area (Å²) in [6.45, 7) is 9.98. The second kappa shape index (κ2) is 11.9. The lowest BCUT2D eigenvalue weighted by Gasteiger charge is -2.26. The molecule has 4 aromatic rings. The highest BCUT2D eigenvalue weighted by atomic mass is 32.1. The molecule has 0 saturated carbocycles. The molecule has 39 heavy (non-hydrogen) atoms. The molecule has 0 spiro atoms. The van der Waals surface area contributed by atoms with E-state index in [1.807, 2.05) is 37.4 Å². The number of nitrogen functional groups attached to an aromatic ring is 1. The smallest absolute Gasteiger partial charge is 0.264 e. The number of hydrogen-bond acceptors (Lipinski definition) is 10. The molecule has 11 heteroatoms. The number of morpholine rings is 1. The Morgan fingerprint density at radius 1 is 1.26 bits per heavy atom. The molecular weight excluding hydrogens is 512 g/mol. The van der Waals surface area contributed by atoms with E-state index in [-0.39, 0.29) is 23.0 Å². The predicted octanol–water partition coefficient (Wildman–Crippen LogP) is 3.18. The number of nitrogens with one attached hydrogen (secondary N) is 2. The fourth-order valence-corrected chi connectivity index (χ4v) is 5.81. The summed E-state index contributed by atoms with van der Waals surface area (Å²) in [6, 6.07) is 11.9. The lowest BCUT2D eigenvalue weighted by molar-refractivity contribution is 0.0384. The zero-order valence-corrected chi connectivity index (χ0v) is 22.9. The van der Waals surface area contributed by atoms with Gasteiger partial charge >= 0.3 is 0 Å². The van der Waals surface area contributed by atoms with E-state index >= 15 is 0 Å².